The van der Waals surface area contributed by atoms with Crippen LogP contribution in [0, 0.1) is 5.92 Å². The van der Waals surface area contributed by atoms with E-state index in [1.54, 1.807) is 0 Å². The van der Waals surface area contributed by atoms with E-state index < -0.39 is 6.10 Å². The molecule has 2 aromatic carbocycles. The molecule has 0 spiro atoms. The van der Waals surface area contributed by atoms with Crippen LogP contribution in [0.1, 0.15) is 24.5 Å². The Labute approximate surface area is 130 Å². The SMILES string of the molecule is O=C(NCC(O)c1ccc2ccccc2c1)C1CCCNC1. The molecule has 1 saturated heterocycles. The number of hydrogen-bond donors (Lipinski definition) is 3. The van der Waals surface area contributed by atoms with Crippen molar-refractivity contribution in [3.8, 4) is 0 Å². The van der Waals surface area contributed by atoms with Gasteiger partial charge in [0.15, 0.2) is 0 Å². The molecule has 0 bridgehead atoms. The average Bonchev–Trinajstić information content (AvgIpc) is 2.59. The van der Waals surface area contributed by atoms with Gasteiger partial charge in [-0.25, -0.2) is 0 Å². The van der Waals surface area contributed by atoms with E-state index in [-0.39, 0.29) is 18.4 Å². The van der Waals surface area contributed by atoms with Crippen LogP contribution < -0.4 is 10.6 Å². The zero-order chi connectivity index (χ0) is 15.4. The molecular formula is C18H22N2O2. The number of amides is 1. The van der Waals surface area contributed by atoms with E-state index in [9.17, 15) is 9.90 Å². The zero-order valence-electron chi connectivity index (χ0n) is 12.6. The van der Waals surface area contributed by atoms with E-state index in [0.29, 0.717) is 0 Å². The number of aliphatic hydroxyl groups is 1. The maximum Gasteiger partial charge on any atom is 0.224 e. The van der Waals surface area contributed by atoms with Gasteiger partial charge >= 0.3 is 0 Å². The number of aliphatic hydroxyl groups excluding tert-OH is 1. The number of rotatable bonds is 4. The van der Waals surface area contributed by atoms with Crippen LogP contribution in [0.25, 0.3) is 10.8 Å². The van der Waals surface area contributed by atoms with E-state index in [1.807, 2.05) is 42.5 Å². The Morgan fingerprint density at radius 2 is 2.09 bits per heavy atom. The molecule has 2 aromatic rings. The highest BCUT2D eigenvalue weighted by atomic mass is 16.3. The highest BCUT2D eigenvalue weighted by Crippen LogP contribution is 2.20. The van der Waals surface area contributed by atoms with Crippen molar-refractivity contribution in [2.45, 2.75) is 18.9 Å². The van der Waals surface area contributed by atoms with Crippen LogP contribution in [0.3, 0.4) is 0 Å². The maximum absolute atomic E-state index is 12.1. The lowest BCUT2D eigenvalue weighted by atomic mass is 9.98. The summed E-state index contributed by atoms with van der Waals surface area (Å²) in [6, 6.07) is 13.9. The van der Waals surface area contributed by atoms with Gasteiger partial charge in [-0.05, 0) is 41.8 Å². The van der Waals surface area contributed by atoms with Gasteiger partial charge in [0.25, 0.3) is 0 Å². The molecular weight excluding hydrogens is 276 g/mol. The molecule has 116 valence electrons. The Balaban J connectivity index is 1.60. The Bertz CT molecular complexity index is 650. The molecule has 1 aliphatic rings. The first-order valence-electron chi connectivity index (χ1n) is 7.89. The second-order valence-corrected chi connectivity index (χ2v) is 5.91. The first kappa shape index (κ1) is 15.0. The predicted octanol–water partition coefficient (Wildman–Crippen LogP) is 1.99. The molecule has 4 heteroatoms. The molecule has 22 heavy (non-hydrogen) atoms. The van der Waals surface area contributed by atoms with Crippen LogP contribution in [-0.2, 0) is 4.79 Å². The third-order valence-electron chi connectivity index (χ3n) is 4.30. The van der Waals surface area contributed by atoms with Crippen molar-refractivity contribution in [1.82, 2.24) is 10.6 Å². The molecule has 2 unspecified atom stereocenters. The van der Waals surface area contributed by atoms with Crippen LogP contribution in [0.2, 0.25) is 0 Å². The van der Waals surface area contributed by atoms with Crippen LogP contribution in [0.15, 0.2) is 42.5 Å². The third-order valence-corrected chi connectivity index (χ3v) is 4.30. The molecule has 3 N–H and O–H groups in total. The smallest absolute Gasteiger partial charge is 0.224 e. The fraction of sp³-hybridized carbons (Fsp3) is 0.389. The highest BCUT2D eigenvalue weighted by Gasteiger charge is 2.21. The van der Waals surface area contributed by atoms with Crippen LogP contribution >= 0.6 is 0 Å². The second-order valence-electron chi connectivity index (χ2n) is 5.91. The van der Waals surface area contributed by atoms with Crippen molar-refractivity contribution in [1.29, 1.82) is 0 Å². The van der Waals surface area contributed by atoms with Crippen LogP contribution in [0.4, 0.5) is 0 Å². The normalized spacial score (nSPS) is 19.8. The summed E-state index contributed by atoms with van der Waals surface area (Å²) >= 11 is 0. The summed E-state index contributed by atoms with van der Waals surface area (Å²) in [6.45, 7) is 1.98. The average molecular weight is 298 g/mol. The van der Waals surface area contributed by atoms with E-state index in [4.69, 9.17) is 0 Å². The summed E-state index contributed by atoms with van der Waals surface area (Å²) in [5, 5.41) is 18.6. The topological polar surface area (TPSA) is 61.4 Å². The van der Waals surface area contributed by atoms with Crippen molar-refractivity contribution in [3.05, 3.63) is 48.0 Å². The number of nitrogens with one attached hydrogen (secondary N) is 2. The van der Waals surface area contributed by atoms with Gasteiger partial charge in [0.05, 0.1) is 12.0 Å². The molecule has 0 aliphatic carbocycles. The van der Waals surface area contributed by atoms with Crippen molar-refractivity contribution < 1.29 is 9.90 Å². The Kier molecular flexibility index (Phi) is 4.71. The van der Waals surface area contributed by atoms with Crippen LogP contribution in [-0.4, -0.2) is 30.6 Å². The zero-order valence-corrected chi connectivity index (χ0v) is 12.6. The molecule has 0 saturated carbocycles. The summed E-state index contributed by atoms with van der Waals surface area (Å²) in [7, 11) is 0. The summed E-state index contributed by atoms with van der Waals surface area (Å²) in [6.07, 6.45) is 1.28. The van der Waals surface area contributed by atoms with Gasteiger partial charge in [-0.15, -0.1) is 0 Å². The largest absolute Gasteiger partial charge is 0.387 e. The lowest BCUT2D eigenvalue weighted by molar-refractivity contribution is -0.125. The Morgan fingerprint density at radius 3 is 2.86 bits per heavy atom. The maximum atomic E-state index is 12.1. The van der Waals surface area contributed by atoms with Gasteiger partial charge in [-0.3, -0.25) is 4.79 Å². The number of carbonyl (C=O) groups is 1. The predicted molar refractivity (Wildman–Crippen MR) is 87.5 cm³/mol. The first-order valence-corrected chi connectivity index (χ1v) is 7.89. The minimum atomic E-state index is -0.676. The lowest BCUT2D eigenvalue weighted by Gasteiger charge is -2.22. The molecule has 4 nitrogen and oxygen atoms in total. The Morgan fingerprint density at radius 1 is 1.27 bits per heavy atom. The van der Waals surface area contributed by atoms with Gasteiger partial charge in [-0.1, -0.05) is 36.4 Å². The van der Waals surface area contributed by atoms with Crippen molar-refractivity contribution in [3.63, 3.8) is 0 Å². The second kappa shape index (κ2) is 6.90. The number of benzene rings is 2. The molecule has 1 fully saturated rings. The number of fused-ring (bicyclic) bond motifs is 1. The molecule has 2 atom stereocenters. The Hall–Kier alpha value is -1.91. The van der Waals surface area contributed by atoms with Crippen molar-refractivity contribution in [2.24, 2.45) is 5.92 Å². The van der Waals surface area contributed by atoms with Gasteiger partial charge in [0, 0.05) is 13.1 Å². The summed E-state index contributed by atoms with van der Waals surface area (Å²) in [4.78, 5) is 12.1. The fourth-order valence-electron chi connectivity index (χ4n) is 2.95. The van der Waals surface area contributed by atoms with Crippen LogP contribution in [0.5, 0.6) is 0 Å². The third kappa shape index (κ3) is 3.46. The molecule has 1 amide bonds. The van der Waals surface area contributed by atoms with E-state index >= 15 is 0 Å². The van der Waals surface area contributed by atoms with E-state index in [0.717, 1.165) is 42.3 Å². The standard InChI is InChI=1S/C18H22N2O2/c21-17(12-20-18(22)16-6-3-9-19-11-16)15-8-7-13-4-1-2-5-14(13)10-15/h1-2,4-5,7-8,10,16-17,19,21H,3,6,9,11-12H2,(H,20,22). The molecule has 0 aromatic heterocycles. The van der Waals surface area contributed by atoms with Gasteiger partial charge in [0.2, 0.25) is 5.91 Å². The number of carbonyl (C=O) groups excluding carboxylic acids is 1. The molecule has 3 rings (SSSR count). The minimum absolute atomic E-state index is 0.0255. The summed E-state index contributed by atoms with van der Waals surface area (Å²) in [5.74, 6) is 0.0598. The van der Waals surface area contributed by atoms with E-state index in [1.165, 1.54) is 0 Å². The summed E-state index contributed by atoms with van der Waals surface area (Å²) in [5.41, 5.74) is 0.834. The summed E-state index contributed by atoms with van der Waals surface area (Å²) < 4.78 is 0. The molecule has 1 aliphatic heterocycles. The fourth-order valence-corrected chi connectivity index (χ4v) is 2.95. The number of hydrogen-bond acceptors (Lipinski definition) is 3. The van der Waals surface area contributed by atoms with E-state index in [2.05, 4.69) is 10.6 Å². The highest BCUT2D eigenvalue weighted by molar-refractivity contribution is 5.83. The first-order chi connectivity index (χ1) is 10.7. The van der Waals surface area contributed by atoms with Gasteiger partial charge in [0.1, 0.15) is 0 Å². The monoisotopic (exact) mass is 298 g/mol. The van der Waals surface area contributed by atoms with Crippen molar-refractivity contribution >= 4 is 16.7 Å². The lowest BCUT2D eigenvalue weighted by Crippen LogP contribution is -2.41. The number of piperidine rings is 1. The van der Waals surface area contributed by atoms with Gasteiger partial charge in [-0.2, -0.15) is 0 Å². The van der Waals surface area contributed by atoms with Gasteiger partial charge < -0.3 is 15.7 Å². The minimum Gasteiger partial charge on any atom is -0.387 e. The molecule has 0 radical (unpaired) electrons. The molecule has 1 heterocycles. The van der Waals surface area contributed by atoms with Crippen molar-refractivity contribution in [2.75, 3.05) is 19.6 Å². The quantitative estimate of drug-likeness (QED) is 0.809.